The van der Waals surface area contributed by atoms with E-state index in [2.05, 4.69) is 214 Å². The highest BCUT2D eigenvalue weighted by Crippen LogP contribution is 2.61. The smallest absolute Gasteiger partial charge is 0.145 e. The highest BCUT2D eigenvalue weighted by molar-refractivity contribution is 6.19. The molecule has 2 heteroatoms. The van der Waals surface area contributed by atoms with Gasteiger partial charge in [0.25, 0.3) is 0 Å². The number of hydrogen-bond acceptors (Lipinski definition) is 2. The molecule has 9 aromatic rings. The third-order valence-electron chi connectivity index (χ3n) is 13.7. The zero-order valence-electron chi connectivity index (χ0n) is 33.5. The van der Waals surface area contributed by atoms with Gasteiger partial charge in [-0.05, 0) is 104 Å². The lowest BCUT2D eigenvalue weighted by molar-refractivity contribution is 0.618. The second-order valence-electron chi connectivity index (χ2n) is 17.3. The van der Waals surface area contributed by atoms with Crippen molar-refractivity contribution in [2.24, 2.45) is 5.92 Å². The Morgan fingerprint density at radius 2 is 1.31 bits per heavy atom. The van der Waals surface area contributed by atoms with Gasteiger partial charge in [0.05, 0.1) is 16.5 Å². The zero-order chi connectivity index (χ0) is 39.5. The normalized spacial score (nSPS) is 18.4. The Kier molecular flexibility index (Phi) is 7.27. The number of rotatable bonds is 5. The van der Waals surface area contributed by atoms with Crippen molar-refractivity contribution in [2.45, 2.75) is 38.0 Å². The summed E-state index contributed by atoms with van der Waals surface area (Å²) in [6.07, 6.45) is 8.03. The van der Waals surface area contributed by atoms with Gasteiger partial charge < -0.3 is 9.32 Å². The molecular weight excluding hydrogens is 715 g/mol. The molecular formula is C57H43NO. The van der Waals surface area contributed by atoms with Gasteiger partial charge in [-0.2, -0.15) is 0 Å². The van der Waals surface area contributed by atoms with Crippen LogP contribution < -0.4 is 4.90 Å². The molecule has 1 heterocycles. The number of para-hydroxylation sites is 2. The molecule has 0 fully saturated rings. The molecule has 282 valence electrons. The predicted octanol–water partition coefficient (Wildman–Crippen LogP) is 15.4. The number of fused-ring (bicyclic) bond motifs is 12. The van der Waals surface area contributed by atoms with Crippen LogP contribution in [0.2, 0.25) is 0 Å². The van der Waals surface area contributed by atoms with Gasteiger partial charge in [0.2, 0.25) is 0 Å². The average Bonchev–Trinajstić information content (AvgIpc) is 3.89. The Bertz CT molecular complexity index is 3240. The van der Waals surface area contributed by atoms with E-state index in [1.165, 1.54) is 66.4 Å². The average molecular weight is 758 g/mol. The first-order valence-corrected chi connectivity index (χ1v) is 21.0. The molecule has 0 saturated heterocycles. The SMILES string of the molecule is CC1C=CC=C(C2(c3ccccc3)c3cc(N(c4ccccc4)c4cc5c(c6oc7ccccc7c46)-c4ccccc4C5(C)C)ccc3-c3ccc4ccccc4c32)C1. The predicted molar refractivity (Wildman–Crippen MR) is 246 cm³/mol. The van der Waals surface area contributed by atoms with Crippen LogP contribution >= 0.6 is 0 Å². The molecule has 3 aliphatic carbocycles. The minimum Gasteiger partial charge on any atom is -0.455 e. The molecule has 8 aromatic carbocycles. The molecule has 12 rings (SSSR count). The molecule has 59 heavy (non-hydrogen) atoms. The van der Waals surface area contributed by atoms with Crippen LogP contribution in [-0.2, 0) is 10.8 Å². The molecule has 0 radical (unpaired) electrons. The Morgan fingerprint density at radius 1 is 0.593 bits per heavy atom. The van der Waals surface area contributed by atoms with Crippen molar-refractivity contribution >= 4 is 49.8 Å². The van der Waals surface area contributed by atoms with Crippen LogP contribution in [0, 0.1) is 5.92 Å². The summed E-state index contributed by atoms with van der Waals surface area (Å²) in [5.41, 5.74) is 17.6. The maximum atomic E-state index is 7.00. The van der Waals surface area contributed by atoms with Gasteiger partial charge in [0.1, 0.15) is 11.2 Å². The molecule has 0 saturated carbocycles. The van der Waals surface area contributed by atoms with Crippen LogP contribution in [0.5, 0.6) is 0 Å². The minimum absolute atomic E-state index is 0.225. The summed E-state index contributed by atoms with van der Waals surface area (Å²) < 4.78 is 7.00. The van der Waals surface area contributed by atoms with Gasteiger partial charge in [-0.15, -0.1) is 0 Å². The van der Waals surface area contributed by atoms with Crippen molar-refractivity contribution in [1.29, 1.82) is 0 Å². The van der Waals surface area contributed by atoms with Gasteiger partial charge in [-0.1, -0.05) is 178 Å². The lowest BCUT2D eigenvalue weighted by Gasteiger charge is -2.39. The molecule has 2 unspecified atom stereocenters. The van der Waals surface area contributed by atoms with E-state index in [0.717, 1.165) is 45.4 Å². The van der Waals surface area contributed by atoms with Crippen LogP contribution in [0.3, 0.4) is 0 Å². The zero-order valence-corrected chi connectivity index (χ0v) is 33.5. The first kappa shape index (κ1) is 34.2. The van der Waals surface area contributed by atoms with E-state index < -0.39 is 5.41 Å². The van der Waals surface area contributed by atoms with Crippen molar-refractivity contribution in [3.05, 3.63) is 221 Å². The van der Waals surface area contributed by atoms with E-state index >= 15 is 0 Å². The van der Waals surface area contributed by atoms with Crippen molar-refractivity contribution in [3.63, 3.8) is 0 Å². The van der Waals surface area contributed by atoms with Crippen LogP contribution in [0.4, 0.5) is 17.1 Å². The highest BCUT2D eigenvalue weighted by Gasteiger charge is 2.49. The third-order valence-corrected chi connectivity index (χ3v) is 13.7. The van der Waals surface area contributed by atoms with Crippen LogP contribution in [0.25, 0.3) is 55.0 Å². The van der Waals surface area contributed by atoms with Crippen molar-refractivity contribution in [1.82, 2.24) is 0 Å². The van der Waals surface area contributed by atoms with E-state index in [9.17, 15) is 0 Å². The van der Waals surface area contributed by atoms with Crippen LogP contribution in [0.15, 0.2) is 198 Å². The van der Waals surface area contributed by atoms with E-state index in [4.69, 9.17) is 4.42 Å². The second-order valence-corrected chi connectivity index (χ2v) is 17.3. The number of allylic oxidation sites excluding steroid dienone is 4. The van der Waals surface area contributed by atoms with Gasteiger partial charge in [-0.3, -0.25) is 0 Å². The molecule has 0 N–H and O–H groups in total. The molecule has 0 bridgehead atoms. The largest absolute Gasteiger partial charge is 0.455 e. The van der Waals surface area contributed by atoms with Crippen LogP contribution in [-0.4, -0.2) is 0 Å². The fourth-order valence-corrected chi connectivity index (χ4v) is 11.1. The van der Waals surface area contributed by atoms with Crippen molar-refractivity contribution in [3.8, 4) is 22.3 Å². The van der Waals surface area contributed by atoms with Crippen molar-refractivity contribution < 1.29 is 4.42 Å². The summed E-state index contributed by atoms with van der Waals surface area (Å²) in [5.74, 6) is 0.420. The van der Waals surface area contributed by atoms with E-state index in [1.54, 1.807) is 0 Å². The quantitative estimate of drug-likeness (QED) is 0.174. The highest BCUT2D eigenvalue weighted by atomic mass is 16.3. The minimum atomic E-state index is -0.511. The van der Waals surface area contributed by atoms with Crippen molar-refractivity contribution in [2.75, 3.05) is 4.90 Å². The Labute approximate surface area is 345 Å². The first-order chi connectivity index (χ1) is 28.9. The first-order valence-electron chi connectivity index (χ1n) is 21.0. The molecule has 0 amide bonds. The Hall–Kier alpha value is -6.90. The summed E-state index contributed by atoms with van der Waals surface area (Å²) in [5, 5.41) is 4.83. The van der Waals surface area contributed by atoms with Gasteiger partial charge >= 0.3 is 0 Å². The molecule has 1 aromatic heterocycles. The third kappa shape index (κ3) is 4.69. The molecule has 2 nitrogen and oxygen atoms in total. The number of furan rings is 1. The standard InChI is InChI=1S/C57H43NO/c1-36-17-16-21-39(33-36)57(38-19-6-4-7-20-38)48-34-41(30-32-43(48)44-31-29-37-18-10-11-24-42(37)54(44)57)58(40-22-8-5-9-23-40)50-35-49-52(45-25-12-14-27-47(45)56(49,2)3)55-53(50)46-26-13-15-28-51(46)59-55/h4-32,34-36H,33H2,1-3H3. The maximum Gasteiger partial charge on any atom is 0.145 e. The summed E-state index contributed by atoms with van der Waals surface area (Å²) in [6.45, 7) is 7.08. The fourth-order valence-electron chi connectivity index (χ4n) is 11.1. The summed E-state index contributed by atoms with van der Waals surface area (Å²) >= 11 is 0. The number of nitrogens with zero attached hydrogens (tertiary/aromatic N) is 1. The van der Waals surface area contributed by atoms with Gasteiger partial charge in [0.15, 0.2) is 0 Å². The number of hydrogen-bond donors (Lipinski definition) is 0. The lowest BCUT2D eigenvalue weighted by Crippen LogP contribution is -2.31. The summed E-state index contributed by atoms with van der Waals surface area (Å²) in [6, 6.07) is 63.1. The Morgan fingerprint density at radius 3 is 2.14 bits per heavy atom. The second kappa shape index (κ2) is 12.5. The van der Waals surface area contributed by atoms with E-state index in [1.807, 2.05) is 0 Å². The fraction of sp³-hybridized carbons (Fsp3) is 0.123. The molecule has 0 spiro atoms. The van der Waals surface area contributed by atoms with Crippen LogP contribution in [0.1, 0.15) is 55.0 Å². The number of anilines is 3. The molecule has 2 atom stereocenters. The molecule has 3 aliphatic rings. The molecule has 0 aliphatic heterocycles. The summed E-state index contributed by atoms with van der Waals surface area (Å²) in [7, 11) is 0. The van der Waals surface area contributed by atoms with Gasteiger partial charge in [0, 0.05) is 27.7 Å². The van der Waals surface area contributed by atoms with E-state index in [0.29, 0.717) is 5.92 Å². The lowest BCUT2D eigenvalue weighted by atomic mass is 9.63. The monoisotopic (exact) mass is 757 g/mol. The number of benzene rings is 8. The van der Waals surface area contributed by atoms with Gasteiger partial charge in [-0.25, -0.2) is 0 Å². The van der Waals surface area contributed by atoms with E-state index in [-0.39, 0.29) is 5.41 Å². The maximum absolute atomic E-state index is 7.00. The topological polar surface area (TPSA) is 16.4 Å². The summed E-state index contributed by atoms with van der Waals surface area (Å²) in [4.78, 5) is 2.50. The Balaban J connectivity index is 1.20.